The lowest BCUT2D eigenvalue weighted by Crippen LogP contribution is -2.48. The van der Waals surface area contributed by atoms with E-state index in [-0.39, 0.29) is 12.5 Å². The van der Waals surface area contributed by atoms with Crippen molar-refractivity contribution in [2.75, 3.05) is 32.6 Å². The SMILES string of the molecule is COC(=O)C(C)N(C(=O)CN(C)C)c1c(C)ccc(C)c1C. The van der Waals surface area contributed by atoms with Crippen molar-refractivity contribution in [3.8, 4) is 0 Å². The molecule has 0 aliphatic carbocycles. The minimum Gasteiger partial charge on any atom is -0.467 e. The summed E-state index contributed by atoms with van der Waals surface area (Å²) in [6.45, 7) is 7.84. The van der Waals surface area contributed by atoms with E-state index in [4.69, 9.17) is 4.74 Å². The number of nitrogens with zero attached hydrogens (tertiary/aromatic N) is 2. The van der Waals surface area contributed by atoms with Crippen LogP contribution in [0.15, 0.2) is 12.1 Å². The van der Waals surface area contributed by atoms with E-state index in [9.17, 15) is 9.59 Å². The molecule has 0 aromatic heterocycles. The highest BCUT2D eigenvalue weighted by molar-refractivity contribution is 6.01. The number of aryl methyl sites for hydroxylation is 2. The molecule has 122 valence electrons. The van der Waals surface area contributed by atoms with E-state index < -0.39 is 12.0 Å². The smallest absolute Gasteiger partial charge is 0.328 e. The normalized spacial score (nSPS) is 12.2. The van der Waals surface area contributed by atoms with E-state index >= 15 is 0 Å². The van der Waals surface area contributed by atoms with Crippen molar-refractivity contribution in [2.45, 2.75) is 33.7 Å². The molecule has 1 amide bonds. The molecule has 0 fully saturated rings. The van der Waals surface area contributed by atoms with Crippen LogP contribution in [-0.4, -0.2) is 50.6 Å². The lowest BCUT2D eigenvalue weighted by molar-refractivity contribution is -0.143. The van der Waals surface area contributed by atoms with Gasteiger partial charge in [-0.15, -0.1) is 0 Å². The molecule has 0 spiro atoms. The summed E-state index contributed by atoms with van der Waals surface area (Å²) in [6, 6.07) is 3.32. The van der Waals surface area contributed by atoms with Crippen LogP contribution in [0, 0.1) is 20.8 Å². The monoisotopic (exact) mass is 306 g/mol. The van der Waals surface area contributed by atoms with E-state index in [0.717, 1.165) is 22.4 Å². The van der Waals surface area contributed by atoms with Gasteiger partial charge in [-0.05, 0) is 58.5 Å². The third-order valence-electron chi connectivity index (χ3n) is 3.79. The van der Waals surface area contributed by atoms with Crippen LogP contribution in [0.5, 0.6) is 0 Å². The van der Waals surface area contributed by atoms with E-state index in [1.54, 1.807) is 16.7 Å². The number of benzene rings is 1. The number of carbonyl (C=O) groups is 2. The molecule has 0 aliphatic heterocycles. The first-order valence-corrected chi connectivity index (χ1v) is 7.32. The second-order valence-corrected chi connectivity index (χ2v) is 5.87. The minimum atomic E-state index is -0.670. The third-order valence-corrected chi connectivity index (χ3v) is 3.79. The van der Waals surface area contributed by atoms with Gasteiger partial charge in [0.15, 0.2) is 0 Å². The predicted molar refractivity (Wildman–Crippen MR) is 88.2 cm³/mol. The van der Waals surface area contributed by atoms with Crippen LogP contribution < -0.4 is 4.90 Å². The third kappa shape index (κ3) is 3.85. The number of anilines is 1. The lowest BCUT2D eigenvalue weighted by atomic mass is 10.0. The highest BCUT2D eigenvalue weighted by atomic mass is 16.5. The number of ether oxygens (including phenoxy) is 1. The summed E-state index contributed by atoms with van der Waals surface area (Å²) in [5, 5.41) is 0. The van der Waals surface area contributed by atoms with Gasteiger partial charge in [0.1, 0.15) is 6.04 Å². The van der Waals surface area contributed by atoms with Crippen molar-refractivity contribution in [1.29, 1.82) is 0 Å². The standard InChI is InChI=1S/C17H26N2O3/c1-11-8-9-12(2)16(13(11)3)19(14(4)17(21)22-7)15(20)10-18(5)6/h8-9,14H,10H2,1-7H3. The summed E-state index contributed by atoms with van der Waals surface area (Å²) in [5.41, 5.74) is 3.85. The van der Waals surface area contributed by atoms with E-state index in [0.29, 0.717) is 0 Å². The van der Waals surface area contributed by atoms with Crippen LogP contribution in [0.2, 0.25) is 0 Å². The summed E-state index contributed by atoms with van der Waals surface area (Å²) in [6.07, 6.45) is 0. The quantitative estimate of drug-likeness (QED) is 0.782. The number of carbonyl (C=O) groups excluding carboxylic acids is 2. The maximum atomic E-state index is 12.7. The summed E-state index contributed by atoms with van der Waals surface area (Å²) in [4.78, 5) is 28.1. The van der Waals surface area contributed by atoms with E-state index in [2.05, 4.69) is 0 Å². The maximum Gasteiger partial charge on any atom is 0.328 e. The van der Waals surface area contributed by atoms with Gasteiger partial charge in [0, 0.05) is 0 Å². The average molecular weight is 306 g/mol. The van der Waals surface area contributed by atoms with Gasteiger partial charge in [-0.3, -0.25) is 9.69 Å². The van der Waals surface area contributed by atoms with E-state index in [1.807, 2.05) is 47.0 Å². The molecule has 5 heteroatoms. The molecule has 0 heterocycles. The Kier molecular flexibility index (Phi) is 6.11. The molecular weight excluding hydrogens is 280 g/mol. The molecule has 0 N–H and O–H groups in total. The van der Waals surface area contributed by atoms with Crippen molar-refractivity contribution in [1.82, 2.24) is 4.90 Å². The lowest BCUT2D eigenvalue weighted by Gasteiger charge is -2.31. The van der Waals surface area contributed by atoms with Crippen molar-refractivity contribution < 1.29 is 14.3 Å². The molecule has 5 nitrogen and oxygen atoms in total. The topological polar surface area (TPSA) is 49.9 Å². The number of esters is 1. The number of likely N-dealkylation sites (N-methyl/N-ethyl adjacent to an activating group) is 1. The van der Waals surface area contributed by atoms with Crippen molar-refractivity contribution in [3.63, 3.8) is 0 Å². The fraction of sp³-hybridized carbons (Fsp3) is 0.529. The maximum absolute atomic E-state index is 12.7. The molecule has 0 aliphatic rings. The average Bonchev–Trinajstić information content (AvgIpc) is 2.45. The Morgan fingerprint density at radius 3 is 2.18 bits per heavy atom. The summed E-state index contributed by atoms with van der Waals surface area (Å²) >= 11 is 0. The Bertz CT molecular complexity index is 567. The van der Waals surface area contributed by atoms with Crippen LogP contribution in [0.4, 0.5) is 5.69 Å². The van der Waals surface area contributed by atoms with Gasteiger partial charge in [0.25, 0.3) is 0 Å². The molecule has 1 aromatic carbocycles. The Morgan fingerprint density at radius 2 is 1.68 bits per heavy atom. The van der Waals surface area contributed by atoms with Crippen LogP contribution in [0.3, 0.4) is 0 Å². The van der Waals surface area contributed by atoms with Crippen LogP contribution >= 0.6 is 0 Å². The number of rotatable bonds is 5. The van der Waals surface area contributed by atoms with Crippen LogP contribution in [0.1, 0.15) is 23.6 Å². The van der Waals surface area contributed by atoms with Gasteiger partial charge in [-0.2, -0.15) is 0 Å². The molecule has 1 unspecified atom stereocenters. The Hall–Kier alpha value is -1.88. The van der Waals surface area contributed by atoms with Crippen LogP contribution in [-0.2, 0) is 14.3 Å². The molecule has 1 atom stereocenters. The zero-order valence-corrected chi connectivity index (χ0v) is 14.6. The summed E-state index contributed by atoms with van der Waals surface area (Å²) < 4.78 is 4.83. The first kappa shape index (κ1) is 18.2. The number of hydrogen-bond acceptors (Lipinski definition) is 4. The van der Waals surface area contributed by atoms with Gasteiger partial charge in [-0.1, -0.05) is 12.1 Å². The van der Waals surface area contributed by atoms with Crippen LogP contribution in [0.25, 0.3) is 0 Å². The number of amides is 1. The first-order chi connectivity index (χ1) is 10.2. The fourth-order valence-corrected chi connectivity index (χ4v) is 2.46. The highest BCUT2D eigenvalue weighted by Gasteiger charge is 2.30. The Labute approximate surface area is 132 Å². The van der Waals surface area contributed by atoms with Crippen molar-refractivity contribution in [3.05, 3.63) is 28.8 Å². The molecular formula is C17H26N2O3. The fourth-order valence-electron chi connectivity index (χ4n) is 2.46. The van der Waals surface area contributed by atoms with E-state index in [1.165, 1.54) is 7.11 Å². The molecule has 1 rings (SSSR count). The Morgan fingerprint density at radius 1 is 1.14 bits per heavy atom. The molecule has 0 saturated carbocycles. The Balaban J connectivity index is 3.41. The summed E-state index contributed by atoms with van der Waals surface area (Å²) in [5.74, 6) is -0.549. The molecule has 1 aromatic rings. The first-order valence-electron chi connectivity index (χ1n) is 7.32. The number of hydrogen-bond donors (Lipinski definition) is 0. The second-order valence-electron chi connectivity index (χ2n) is 5.87. The van der Waals surface area contributed by atoms with Gasteiger partial charge in [0.2, 0.25) is 5.91 Å². The highest BCUT2D eigenvalue weighted by Crippen LogP contribution is 2.29. The zero-order valence-electron chi connectivity index (χ0n) is 14.6. The van der Waals surface area contributed by atoms with Gasteiger partial charge in [-0.25, -0.2) is 4.79 Å². The summed E-state index contributed by atoms with van der Waals surface area (Å²) in [7, 11) is 4.99. The van der Waals surface area contributed by atoms with Gasteiger partial charge < -0.3 is 9.64 Å². The molecule has 22 heavy (non-hydrogen) atoms. The van der Waals surface area contributed by atoms with Gasteiger partial charge >= 0.3 is 5.97 Å². The van der Waals surface area contributed by atoms with Gasteiger partial charge in [0.05, 0.1) is 19.3 Å². The molecule has 0 bridgehead atoms. The van der Waals surface area contributed by atoms with Crippen molar-refractivity contribution >= 4 is 17.6 Å². The number of methoxy groups -OCH3 is 1. The minimum absolute atomic E-state index is 0.125. The molecule has 0 saturated heterocycles. The largest absolute Gasteiger partial charge is 0.467 e. The predicted octanol–water partition coefficient (Wildman–Crippen LogP) is 2.07. The second kappa shape index (κ2) is 7.40. The van der Waals surface area contributed by atoms with Crippen molar-refractivity contribution in [2.24, 2.45) is 0 Å². The zero-order chi connectivity index (χ0) is 17.0. The molecule has 0 radical (unpaired) electrons.